The summed E-state index contributed by atoms with van der Waals surface area (Å²) in [6.45, 7) is 6.09. The van der Waals surface area contributed by atoms with Gasteiger partial charge in [-0.15, -0.1) is 0 Å². The van der Waals surface area contributed by atoms with E-state index in [2.05, 4.69) is 0 Å². The van der Waals surface area contributed by atoms with Crippen molar-refractivity contribution in [2.24, 2.45) is 5.92 Å². The van der Waals surface area contributed by atoms with Gasteiger partial charge in [0.05, 0.1) is 6.61 Å². The van der Waals surface area contributed by atoms with E-state index in [9.17, 15) is 9.90 Å². The summed E-state index contributed by atoms with van der Waals surface area (Å²) < 4.78 is 4.85. The van der Waals surface area contributed by atoms with Crippen LogP contribution in [0.1, 0.15) is 32.4 Å². The van der Waals surface area contributed by atoms with E-state index < -0.39 is 12.1 Å². The Morgan fingerprint density at radius 3 is 2.43 bits per heavy atom. The van der Waals surface area contributed by atoms with Gasteiger partial charge in [-0.05, 0) is 42.2 Å². The van der Waals surface area contributed by atoms with Gasteiger partial charge in [-0.3, -0.25) is 0 Å². The average Bonchev–Trinajstić information content (AvgIpc) is 2.43. The van der Waals surface area contributed by atoms with Gasteiger partial charge in [0.1, 0.15) is 6.10 Å². The van der Waals surface area contributed by atoms with E-state index in [0.29, 0.717) is 17.2 Å². The number of ether oxygens (including phenoxy) is 1. The monoisotopic (exact) mass is 308 g/mol. The highest BCUT2D eigenvalue weighted by molar-refractivity contribution is 6.30. The van der Waals surface area contributed by atoms with Crippen molar-refractivity contribution in [3.8, 4) is 0 Å². The molecule has 0 saturated carbocycles. The van der Waals surface area contributed by atoms with Crippen LogP contribution in [0.3, 0.4) is 0 Å². The van der Waals surface area contributed by atoms with Crippen LogP contribution in [0.5, 0.6) is 0 Å². The fraction of sp³-hybridized carbons (Fsp3) is 0.353. The highest BCUT2D eigenvalue weighted by atomic mass is 35.5. The van der Waals surface area contributed by atoms with Gasteiger partial charge in [0.2, 0.25) is 0 Å². The second kappa shape index (κ2) is 8.65. The van der Waals surface area contributed by atoms with Gasteiger partial charge in [-0.2, -0.15) is 0 Å². The quantitative estimate of drug-likeness (QED) is 0.489. The molecule has 0 aromatic heterocycles. The topological polar surface area (TPSA) is 46.5 Å². The number of carbonyl (C=O) groups excluding carboxylic acids is 1. The first-order valence-electron chi connectivity index (χ1n) is 6.94. The number of halogens is 1. The van der Waals surface area contributed by atoms with Gasteiger partial charge >= 0.3 is 5.97 Å². The maximum Gasteiger partial charge on any atom is 0.330 e. The number of hydrogen-bond acceptors (Lipinski definition) is 3. The van der Waals surface area contributed by atoms with Crippen molar-refractivity contribution in [3.63, 3.8) is 0 Å². The van der Waals surface area contributed by atoms with Gasteiger partial charge in [0.15, 0.2) is 0 Å². The Labute approximate surface area is 130 Å². The van der Waals surface area contributed by atoms with E-state index in [1.54, 1.807) is 37.3 Å². The Hall–Kier alpha value is -1.58. The third-order valence-corrected chi connectivity index (χ3v) is 2.98. The summed E-state index contributed by atoms with van der Waals surface area (Å²) in [6.07, 6.45) is 4.03. The summed E-state index contributed by atoms with van der Waals surface area (Å²) in [6, 6.07) is 6.98. The molecule has 1 aromatic carbocycles. The minimum absolute atomic E-state index is 0.244. The molecule has 1 rings (SSSR count). The van der Waals surface area contributed by atoms with Gasteiger partial charge in [0.25, 0.3) is 0 Å². The largest absolute Gasteiger partial charge is 0.463 e. The molecule has 0 radical (unpaired) electrons. The van der Waals surface area contributed by atoms with E-state index in [1.807, 2.05) is 19.9 Å². The van der Waals surface area contributed by atoms with Crippen molar-refractivity contribution in [3.05, 3.63) is 58.7 Å². The lowest BCUT2D eigenvalue weighted by Gasteiger charge is -2.14. The van der Waals surface area contributed by atoms with Gasteiger partial charge in [0, 0.05) is 11.1 Å². The molecule has 0 amide bonds. The fourth-order valence-electron chi connectivity index (χ4n) is 1.81. The number of allylic oxidation sites excluding steroid dienone is 1. The van der Waals surface area contributed by atoms with Crippen molar-refractivity contribution in [2.45, 2.75) is 26.9 Å². The maximum atomic E-state index is 11.4. The Morgan fingerprint density at radius 2 is 1.90 bits per heavy atom. The van der Waals surface area contributed by atoms with Crippen molar-refractivity contribution in [1.29, 1.82) is 0 Å². The molecule has 1 aromatic rings. The van der Waals surface area contributed by atoms with Crippen LogP contribution in [-0.2, 0) is 9.53 Å². The molecular formula is C17H21ClO3. The molecule has 0 aliphatic rings. The number of esters is 1. The fourth-order valence-corrected chi connectivity index (χ4v) is 1.94. The number of aliphatic hydroxyl groups is 1. The lowest BCUT2D eigenvalue weighted by atomic mass is 9.98. The Morgan fingerprint density at radius 1 is 1.29 bits per heavy atom. The smallest absolute Gasteiger partial charge is 0.330 e. The average molecular weight is 309 g/mol. The second-order valence-electron chi connectivity index (χ2n) is 4.95. The molecule has 4 heteroatoms. The molecule has 0 heterocycles. The zero-order chi connectivity index (χ0) is 15.8. The van der Waals surface area contributed by atoms with Gasteiger partial charge in [-0.25, -0.2) is 4.79 Å². The van der Waals surface area contributed by atoms with Crippen LogP contribution in [0, 0.1) is 5.92 Å². The van der Waals surface area contributed by atoms with E-state index in [-0.39, 0.29) is 5.92 Å². The molecule has 0 bridgehead atoms. The molecule has 0 spiro atoms. The van der Waals surface area contributed by atoms with Crippen LogP contribution in [0.25, 0.3) is 0 Å². The van der Waals surface area contributed by atoms with Crippen LogP contribution in [-0.4, -0.2) is 17.7 Å². The minimum atomic E-state index is -0.810. The van der Waals surface area contributed by atoms with E-state index in [0.717, 1.165) is 5.56 Å². The molecule has 114 valence electrons. The highest BCUT2D eigenvalue weighted by Gasteiger charge is 2.12. The summed E-state index contributed by atoms with van der Waals surface area (Å²) in [5, 5.41) is 11.1. The zero-order valence-electron chi connectivity index (χ0n) is 12.5. The van der Waals surface area contributed by atoms with Crippen LogP contribution >= 0.6 is 11.6 Å². The van der Waals surface area contributed by atoms with E-state index >= 15 is 0 Å². The lowest BCUT2D eigenvalue weighted by Crippen LogP contribution is -2.04. The lowest BCUT2D eigenvalue weighted by molar-refractivity contribution is -0.137. The summed E-state index contributed by atoms with van der Waals surface area (Å²) in [4.78, 5) is 11.4. The minimum Gasteiger partial charge on any atom is -0.463 e. The Bertz CT molecular complexity index is 515. The standard InChI is InChI=1S/C17H21ClO3/c1-4-21-16(19)10-7-14(11-12(2)3)17(20)13-5-8-15(18)9-6-13/h5-12,17,20H,4H2,1-3H3/b10-7+,14-11-. The number of aliphatic hydroxyl groups excluding tert-OH is 1. The van der Waals surface area contributed by atoms with Gasteiger partial charge < -0.3 is 9.84 Å². The number of rotatable bonds is 6. The third kappa shape index (κ3) is 6.15. The molecule has 21 heavy (non-hydrogen) atoms. The molecule has 1 atom stereocenters. The first kappa shape index (κ1) is 17.5. The highest BCUT2D eigenvalue weighted by Crippen LogP contribution is 2.25. The summed E-state index contributed by atoms with van der Waals surface area (Å²) in [5.41, 5.74) is 1.38. The maximum absolute atomic E-state index is 11.4. The first-order chi connectivity index (χ1) is 9.93. The molecule has 0 saturated heterocycles. The Kier molecular flexibility index (Phi) is 7.20. The summed E-state index contributed by atoms with van der Waals surface area (Å²) in [7, 11) is 0. The van der Waals surface area contributed by atoms with Crippen LogP contribution in [0.15, 0.2) is 48.1 Å². The number of hydrogen-bond donors (Lipinski definition) is 1. The number of carbonyl (C=O) groups is 1. The normalized spacial score (nSPS) is 13.7. The van der Waals surface area contributed by atoms with Crippen LogP contribution in [0.4, 0.5) is 0 Å². The zero-order valence-corrected chi connectivity index (χ0v) is 13.3. The van der Waals surface area contributed by atoms with E-state index in [1.165, 1.54) is 6.08 Å². The molecular weight excluding hydrogens is 288 g/mol. The molecule has 0 fully saturated rings. The molecule has 1 N–H and O–H groups in total. The van der Waals surface area contributed by atoms with Gasteiger partial charge in [-0.1, -0.05) is 43.7 Å². The predicted molar refractivity (Wildman–Crippen MR) is 85.1 cm³/mol. The van der Waals surface area contributed by atoms with Crippen molar-refractivity contribution in [1.82, 2.24) is 0 Å². The first-order valence-corrected chi connectivity index (χ1v) is 7.32. The van der Waals surface area contributed by atoms with Crippen molar-refractivity contribution in [2.75, 3.05) is 6.61 Å². The van der Waals surface area contributed by atoms with Crippen LogP contribution in [0.2, 0.25) is 5.02 Å². The number of benzene rings is 1. The summed E-state index contributed by atoms with van der Waals surface area (Å²) in [5.74, 6) is -0.177. The third-order valence-electron chi connectivity index (χ3n) is 2.73. The molecule has 1 unspecified atom stereocenters. The van der Waals surface area contributed by atoms with Crippen LogP contribution < -0.4 is 0 Å². The Balaban J connectivity index is 2.97. The molecule has 0 aliphatic heterocycles. The summed E-state index contributed by atoms with van der Waals surface area (Å²) >= 11 is 5.85. The van der Waals surface area contributed by atoms with Crippen molar-refractivity contribution < 1.29 is 14.6 Å². The van der Waals surface area contributed by atoms with E-state index in [4.69, 9.17) is 16.3 Å². The SMILES string of the molecule is CCOC(=O)/C=C/C(=C/C(C)C)C(O)c1ccc(Cl)cc1. The molecule has 0 aliphatic carbocycles. The predicted octanol–water partition coefficient (Wildman–Crippen LogP) is 4.08. The molecule has 3 nitrogen and oxygen atoms in total. The van der Waals surface area contributed by atoms with Crippen molar-refractivity contribution >= 4 is 17.6 Å². The second-order valence-corrected chi connectivity index (χ2v) is 5.39.